The average molecular weight is 427 g/mol. The van der Waals surface area contributed by atoms with Gasteiger partial charge in [0.15, 0.2) is 0 Å². The van der Waals surface area contributed by atoms with E-state index in [1.807, 2.05) is 13.0 Å². The molecule has 1 N–H and O–H groups in total. The molecule has 2 heteroatoms. The van der Waals surface area contributed by atoms with E-state index in [1.54, 1.807) is 6.20 Å². The Bertz CT molecular complexity index is 1020. The summed E-state index contributed by atoms with van der Waals surface area (Å²) in [5.74, 6) is 0. The van der Waals surface area contributed by atoms with Gasteiger partial charge in [0, 0.05) is 23.5 Å². The maximum atomic E-state index is 4.33. The van der Waals surface area contributed by atoms with Gasteiger partial charge in [0.2, 0.25) is 0 Å². The SMILES string of the molecule is C=C(C)/C=C\C(=C/C)C1Cc2ccccc2C(=C)N1CC.C=CNc1ccc(C)c(C)c1. The highest BCUT2D eigenvalue weighted by Crippen LogP contribution is 2.34. The Hall–Kier alpha value is -3.26. The van der Waals surface area contributed by atoms with Gasteiger partial charge in [-0.1, -0.05) is 73.9 Å². The molecule has 0 bridgehead atoms. The number of fused-ring (bicyclic) bond motifs is 1. The molecule has 1 heterocycles. The van der Waals surface area contributed by atoms with E-state index < -0.39 is 0 Å². The van der Waals surface area contributed by atoms with Gasteiger partial charge >= 0.3 is 0 Å². The summed E-state index contributed by atoms with van der Waals surface area (Å²) >= 11 is 0. The van der Waals surface area contributed by atoms with Gasteiger partial charge in [-0.25, -0.2) is 0 Å². The lowest BCUT2D eigenvalue weighted by atomic mass is 9.87. The van der Waals surface area contributed by atoms with E-state index in [0.29, 0.717) is 6.04 Å². The predicted molar refractivity (Wildman–Crippen MR) is 143 cm³/mol. The highest BCUT2D eigenvalue weighted by Gasteiger charge is 2.28. The molecule has 0 fully saturated rings. The molecule has 0 aliphatic carbocycles. The Morgan fingerprint density at radius 1 is 1.12 bits per heavy atom. The van der Waals surface area contributed by atoms with Crippen LogP contribution in [0.3, 0.4) is 0 Å². The maximum Gasteiger partial charge on any atom is 0.0579 e. The second-order valence-corrected chi connectivity index (χ2v) is 8.23. The fourth-order valence-electron chi connectivity index (χ4n) is 3.94. The smallest absolute Gasteiger partial charge is 0.0579 e. The molecule has 2 aromatic carbocycles. The van der Waals surface area contributed by atoms with Crippen molar-refractivity contribution < 1.29 is 0 Å². The van der Waals surface area contributed by atoms with Gasteiger partial charge in [-0.2, -0.15) is 0 Å². The summed E-state index contributed by atoms with van der Waals surface area (Å²) in [4.78, 5) is 2.40. The van der Waals surface area contributed by atoms with Crippen molar-refractivity contribution in [2.75, 3.05) is 11.9 Å². The van der Waals surface area contributed by atoms with Crippen LogP contribution in [0.2, 0.25) is 0 Å². The van der Waals surface area contributed by atoms with Crippen LogP contribution in [-0.2, 0) is 6.42 Å². The zero-order valence-corrected chi connectivity index (χ0v) is 20.4. The summed E-state index contributed by atoms with van der Waals surface area (Å²) in [6, 6.07) is 15.2. The molecule has 168 valence electrons. The van der Waals surface area contributed by atoms with Crippen molar-refractivity contribution in [3.8, 4) is 0 Å². The first-order chi connectivity index (χ1) is 15.3. The molecular weight excluding hydrogens is 388 g/mol. The van der Waals surface area contributed by atoms with Gasteiger partial charge in [0.1, 0.15) is 0 Å². The average Bonchev–Trinajstić information content (AvgIpc) is 2.77. The van der Waals surface area contributed by atoms with Crippen molar-refractivity contribution in [3.05, 3.63) is 120 Å². The fraction of sp³-hybridized carbons (Fsp3) is 0.267. The first kappa shape index (κ1) is 25.0. The lowest BCUT2D eigenvalue weighted by Gasteiger charge is -2.40. The molecule has 32 heavy (non-hydrogen) atoms. The fourth-order valence-corrected chi connectivity index (χ4v) is 3.94. The topological polar surface area (TPSA) is 15.3 Å². The van der Waals surface area contributed by atoms with Crippen LogP contribution in [0, 0.1) is 13.8 Å². The predicted octanol–water partition coefficient (Wildman–Crippen LogP) is 7.84. The van der Waals surface area contributed by atoms with Crippen molar-refractivity contribution >= 4 is 11.4 Å². The van der Waals surface area contributed by atoms with Gasteiger partial charge < -0.3 is 10.2 Å². The van der Waals surface area contributed by atoms with Gasteiger partial charge in [-0.15, -0.1) is 0 Å². The molecule has 0 radical (unpaired) electrons. The van der Waals surface area contributed by atoms with Crippen LogP contribution < -0.4 is 5.32 Å². The number of allylic oxidation sites excluding steroid dienone is 3. The van der Waals surface area contributed by atoms with Crippen LogP contribution in [0.25, 0.3) is 5.70 Å². The van der Waals surface area contributed by atoms with Crippen LogP contribution in [0.1, 0.15) is 43.0 Å². The molecule has 1 atom stereocenters. The third-order valence-electron chi connectivity index (χ3n) is 5.86. The van der Waals surface area contributed by atoms with Crippen LogP contribution in [0.15, 0.2) is 97.8 Å². The second-order valence-electron chi connectivity index (χ2n) is 8.23. The van der Waals surface area contributed by atoms with E-state index in [1.165, 1.54) is 27.8 Å². The zero-order valence-electron chi connectivity index (χ0n) is 20.4. The van der Waals surface area contributed by atoms with Gasteiger partial charge in [-0.3, -0.25) is 0 Å². The van der Waals surface area contributed by atoms with Crippen LogP contribution >= 0.6 is 0 Å². The summed E-state index contributed by atoms with van der Waals surface area (Å²) < 4.78 is 0. The number of hydrogen-bond acceptors (Lipinski definition) is 2. The molecule has 0 spiro atoms. The minimum Gasteiger partial charge on any atom is -0.364 e. The van der Waals surface area contributed by atoms with Crippen molar-refractivity contribution in [1.29, 1.82) is 0 Å². The lowest BCUT2D eigenvalue weighted by molar-refractivity contribution is 0.333. The Morgan fingerprint density at radius 2 is 1.84 bits per heavy atom. The maximum absolute atomic E-state index is 4.33. The summed E-state index contributed by atoms with van der Waals surface area (Å²) in [6.07, 6.45) is 9.20. The summed E-state index contributed by atoms with van der Waals surface area (Å²) in [7, 11) is 0. The van der Waals surface area contributed by atoms with E-state index in [0.717, 1.165) is 29.9 Å². The summed E-state index contributed by atoms with van der Waals surface area (Å²) in [6.45, 7) is 23.4. The van der Waals surface area contributed by atoms with E-state index in [2.05, 4.69) is 112 Å². The molecule has 1 unspecified atom stereocenters. The van der Waals surface area contributed by atoms with Crippen molar-refractivity contribution in [2.24, 2.45) is 0 Å². The molecule has 2 aromatic rings. The van der Waals surface area contributed by atoms with E-state index >= 15 is 0 Å². The Kier molecular flexibility index (Phi) is 9.34. The quantitative estimate of drug-likeness (QED) is 0.473. The van der Waals surface area contributed by atoms with E-state index in [-0.39, 0.29) is 0 Å². The largest absolute Gasteiger partial charge is 0.364 e. The molecule has 0 amide bonds. The second kappa shape index (κ2) is 12.0. The minimum atomic E-state index is 0.359. The summed E-state index contributed by atoms with van der Waals surface area (Å²) in [5, 5.41) is 3.04. The number of benzene rings is 2. The lowest BCUT2D eigenvalue weighted by Crippen LogP contribution is -2.40. The highest BCUT2D eigenvalue weighted by molar-refractivity contribution is 5.68. The van der Waals surface area contributed by atoms with Crippen molar-refractivity contribution in [2.45, 2.75) is 47.1 Å². The van der Waals surface area contributed by atoms with Crippen molar-refractivity contribution in [1.82, 2.24) is 4.90 Å². The number of aryl methyl sites for hydroxylation is 2. The molecule has 0 saturated carbocycles. The third-order valence-corrected chi connectivity index (χ3v) is 5.86. The standard InChI is InChI=1S/C20H25N.C10H13N/c1-6-17(13-12-15(3)4)20-14-18-10-8-9-11-19(18)16(5)21(20)7-2;1-4-11-10-6-5-8(2)9(3)7-10/h6,8-13,20H,3,5,7,14H2,1-2,4H3;4-7,11H,1H2,2-3H3/b13-12-,17-6+;. The van der Waals surface area contributed by atoms with Gasteiger partial charge in [0.25, 0.3) is 0 Å². The molecule has 1 aliphatic heterocycles. The first-order valence-electron chi connectivity index (χ1n) is 11.3. The zero-order chi connectivity index (χ0) is 23.7. The minimum absolute atomic E-state index is 0.359. The number of nitrogens with zero attached hydrogens (tertiary/aromatic N) is 1. The molecule has 0 saturated heterocycles. The highest BCUT2D eigenvalue weighted by atomic mass is 15.2. The number of hydrogen-bond donors (Lipinski definition) is 1. The molecule has 0 aromatic heterocycles. The van der Waals surface area contributed by atoms with E-state index in [4.69, 9.17) is 0 Å². The van der Waals surface area contributed by atoms with Crippen LogP contribution in [0.4, 0.5) is 5.69 Å². The van der Waals surface area contributed by atoms with Crippen molar-refractivity contribution in [3.63, 3.8) is 0 Å². The van der Waals surface area contributed by atoms with Crippen LogP contribution in [-0.4, -0.2) is 17.5 Å². The molecule has 3 rings (SSSR count). The Labute approximate surface area is 195 Å². The monoisotopic (exact) mass is 426 g/mol. The third kappa shape index (κ3) is 6.37. The number of rotatable bonds is 6. The molecule has 2 nitrogen and oxygen atoms in total. The summed E-state index contributed by atoms with van der Waals surface area (Å²) in [5.41, 5.74) is 9.94. The molecule has 1 aliphatic rings. The van der Waals surface area contributed by atoms with E-state index in [9.17, 15) is 0 Å². The normalized spacial score (nSPS) is 15.7. The Morgan fingerprint density at radius 3 is 2.44 bits per heavy atom. The Balaban J connectivity index is 0.000000278. The molecular formula is C30H38N2. The van der Waals surface area contributed by atoms with Gasteiger partial charge in [0.05, 0.1) is 6.04 Å². The van der Waals surface area contributed by atoms with Gasteiger partial charge in [-0.05, 0) is 81.6 Å². The first-order valence-corrected chi connectivity index (χ1v) is 11.3. The number of nitrogens with one attached hydrogen (secondary N) is 1. The van der Waals surface area contributed by atoms with Crippen LogP contribution in [0.5, 0.6) is 0 Å². The number of anilines is 1. The number of likely N-dealkylation sites (N-methyl/N-ethyl adjacent to an activating group) is 1.